The maximum atomic E-state index is 5.77. The molecule has 7 heteroatoms. The zero-order chi connectivity index (χ0) is 11.8. The maximum absolute atomic E-state index is 5.77. The summed E-state index contributed by atoms with van der Waals surface area (Å²) in [6.07, 6.45) is 5.01. The molecule has 3 aromatic rings. The van der Waals surface area contributed by atoms with E-state index in [-0.39, 0.29) is 5.28 Å². The van der Waals surface area contributed by atoms with Crippen LogP contribution in [0.1, 0.15) is 0 Å². The van der Waals surface area contributed by atoms with E-state index in [9.17, 15) is 0 Å². The summed E-state index contributed by atoms with van der Waals surface area (Å²) in [6.45, 7) is 0. The number of pyridine rings is 1. The number of hydrogen-bond donors (Lipinski definition) is 0. The summed E-state index contributed by atoms with van der Waals surface area (Å²) < 4.78 is 2.53. The van der Waals surface area contributed by atoms with Crippen molar-refractivity contribution in [2.75, 3.05) is 0 Å². The third-order valence-electron chi connectivity index (χ3n) is 2.21. The van der Waals surface area contributed by atoms with Gasteiger partial charge in [0.2, 0.25) is 5.28 Å². The normalized spacial score (nSPS) is 10.9. The lowest BCUT2D eigenvalue weighted by Crippen LogP contribution is -2.00. The standard InChI is InChI=1S/C10H5BrClN5/c11-7-1-2-8(13-5-7)17-9-6(4-15-17)3-14-10(12)16-9/h1-5H. The molecule has 3 aromatic heterocycles. The van der Waals surface area contributed by atoms with Gasteiger partial charge in [-0.15, -0.1) is 0 Å². The van der Waals surface area contributed by atoms with Crippen molar-refractivity contribution in [1.82, 2.24) is 24.7 Å². The van der Waals surface area contributed by atoms with Crippen LogP contribution in [-0.2, 0) is 0 Å². The van der Waals surface area contributed by atoms with Crippen LogP contribution in [0.2, 0.25) is 5.28 Å². The molecule has 0 fully saturated rings. The summed E-state index contributed by atoms with van der Waals surface area (Å²) in [5.41, 5.74) is 0.639. The average molecular weight is 311 g/mol. The van der Waals surface area contributed by atoms with E-state index in [1.807, 2.05) is 12.1 Å². The summed E-state index contributed by atoms with van der Waals surface area (Å²) in [7, 11) is 0. The van der Waals surface area contributed by atoms with Crippen molar-refractivity contribution >= 4 is 38.6 Å². The van der Waals surface area contributed by atoms with Crippen LogP contribution < -0.4 is 0 Å². The first kappa shape index (κ1) is 10.6. The van der Waals surface area contributed by atoms with Gasteiger partial charge in [0, 0.05) is 16.9 Å². The molecule has 0 N–H and O–H groups in total. The van der Waals surface area contributed by atoms with Crippen LogP contribution in [0.4, 0.5) is 0 Å². The second-order valence-corrected chi connectivity index (χ2v) is 4.56. The molecule has 3 heterocycles. The molecule has 0 aliphatic heterocycles. The summed E-state index contributed by atoms with van der Waals surface area (Å²) >= 11 is 9.10. The highest BCUT2D eigenvalue weighted by molar-refractivity contribution is 9.10. The number of hydrogen-bond acceptors (Lipinski definition) is 4. The minimum Gasteiger partial charge on any atom is -0.236 e. The summed E-state index contributed by atoms with van der Waals surface area (Å²) in [4.78, 5) is 12.3. The fourth-order valence-electron chi connectivity index (χ4n) is 1.46. The minimum absolute atomic E-state index is 0.191. The Morgan fingerprint density at radius 1 is 1.12 bits per heavy atom. The van der Waals surface area contributed by atoms with Crippen LogP contribution in [0, 0.1) is 0 Å². The molecule has 0 saturated carbocycles. The van der Waals surface area contributed by atoms with Gasteiger partial charge in [0.15, 0.2) is 11.5 Å². The Hall–Kier alpha value is -1.53. The van der Waals surface area contributed by atoms with Crippen molar-refractivity contribution in [2.45, 2.75) is 0 Å². The molecule has 0 aliphatic rings. The number of halogens is 2. The molecule has 0 aromatic carbocycles. The Morgan fingerprint density at radius 3 is 2.76 bits per heavy atom. The van der Waals surface area contributed by atoms with Gasteiger partial charge in [0.25, 0.3) is 0 Å². The van der Waals surface area contributed by atoms with E-state index in [4.69, 9.17) is 11.6 Å². The molecule has 0 amide bonds. The fourth-order valence-corrected chi connectivity index (χ4v) is 1.82. The average Bonchev–Trinajstić information content (AvgIpc) is 2.73. The van der Waals surface area contributed by atoms with Crippen LogP contribution in [0.3, 0.4) is 0 Å². The Labute approximate surface area is 110 Å². The van der Waals surface area contributed by atoms with E-state index in [0.29, 0.717) is 11.5 Å². The highest BCUT2D eigenvalue weighted by Crippen LogP contribution is 2.17. The molecule has 0 spiro atoms. The van der Waals surface area contributed by atoms with E-state index in [2.05, 4.69) is 36.0 Å². The molecule has 0 radical (unpaired) electrons. The van der Waals surface area contributed by atoms with Gasteiger partial charge in [0.1, 0.15) is 0 Å². The van der Waals surface area contributed by atoms with Gasteiger partial charge in [-0.1, -0.05) is 0 Å². The summed E-state index contributed by atoms with van der Waals surface area (Å²) in [5.74, 6) is 0.679. The van der Waals surface area contributed by atoms with Gasteiger partial charge in [0.05, 0.1) is 11.6 Å². The molecule has 0 saturated heterocycles. The molecule has 0 aliphatic carbocycles. The largest absolute Gasteiger partial charge is 0.236 e. The van der Waals surface area contributed by atoms with Crippen molar-refractivity contribution < 1.29 is 0 Å². The van der Waals surface area contributed by atoms with Gasteiger partial charge in [-0.2, -0.15) is 14.8 Å². The van der Waals surface area contributed by atoms with Crippen LogP contribution in [0.25, 0.3) is 16.9 Å². The number of rotatable bonds is 1. The lowest BCUT2D eigenvalue weighted by atomic mass is 10.4. The van der Waals surface area contributed by atoms with Gasteiger partial charge in [-0.3, -0.25) is 0 Å². The van der Waals surface area contributed by atoms with Crippen molar-refractivity contribution in [3.05, 3.63) is 40.5 Å². The summed E-state index contributed by atoms with van der Waals surface area (Å²) in [5, 5.41) is 5.22. The maximum Gasteiger partial charge on any atom is 0.224 e. The highest BCUT2D eigenvalue weighted by Gasteiger charge is 2.08. The van der Waals surface area contributed by atoms with Crippen molar-refractivity contribution in [3.63, 3.8) is 0 Å². The van der Waals surface area contributed by atoms with Crippen LogP contribution in [0.15, 0.2) is 35.2 Å². The molecule has 0 bridgehead atoms. The Balaban J connectivity index is 2.23. The highest BCUT2D eigenvalue weighted by atomic mass is 79.9. The Bertz CT molecular complexity index is 679. The number of aromatic nitrogens is 5. The van der Waals surface area contributed by atoms with Crippen LogP contribution >= 0.6 is 27.5 Å². The first-order valence-corrected chi connectivity index (χ1v) is 5.89. The lowest BCUT2D eigenvalue weighted by molar-refractivity contribution is 0.860. The quantitative estimate of drug-likeness (QED) is 0.648. The SMILES string of the molecule is Clc1ncc2cnn(-c3ccc(Br)cn3)c2n1. The van der Waals surface area contributed by atoms with Crippen LogP contribution in [0.5, 0.6) is 0 Å². The molecule has 3 rings (SSSR count). The van der Waals surface area contributed by atoms with Crippen molar-refractivity contribution in [1.29, 1.82) is 0 Å². The first-order valence-electron chi connectivity index (χ1n) is 4.72. The predicted molar refractivity (Wildman–Crippen MR) is 67.2 cm³/mol. The number of nitrogens with zero attached hydrogens (tertiary/aromatic N) is 5. The Morgan fingerprint density at radius 2 is 2.00 bits per heavy atom. The van der Waals surface area contributed by atoms with E-state index < -0.39 is 0 Å². The molecular weight excluding hydrogens is 306 g/mol. The smallest absolute Gasteiger partial charge is 0.224 e. The van der Waals surface area contributed by atoms with Gasteiger partial charge in [-0.25, -0.2) is 9.97 Å². The van der Waals surface area contributed by atoms with E-state index in [1.165, 1.54) is 0 Å². The lowest BCUT2D eigenvalue weighted by Gasteiger charge is -2.01. The monoisotopic (exact) mass is 309 g/mol. The fraction of sp³-hybridized carbons (Fsp3) is 0. The van der Waals surface area contributed by atoms with Gasteiger partial charge in [-0.05, 0) is 39.7 Å². The Kier molecular flexibility index (Phi) is 2.53. The van der Waals surface area contributed by atoms with Gasteiger partial charge < -0.3 is 0 Å². The second-order valence-electron chi connectivity index (χ2n) is 3.31. The van der Waals surface area contributed by atoms with Crippen molar-refractivity contribution in [2.24, 2.45) is 0 Å². The second kappa shape index (κ2) is 4.05. The minimum atomic E-state index is 0.191. The van der Waals surface area contributed by atoms with Crippen LogP contribution in [-0.4, -0.2) is 24.7 Å². The molecule has 0 atom stereocenters. The third kappa shape index (κ3) is 1.89. The molecule has 5 nitrogen and oxygen atoms in total. The molecule has 84 valence electrons. The predicted octanol–water partition coefficient (Wildman–Crippen LogP) is 2.63. The zero-order valence-electron chi connectivity index (χ0n) is 8.38. The molecular formula is C10H5BrClN5. The first-order chi connectivity index (χ1) is 8.24. The van der Waals surface area contributed by atoms with E-state index in [1.54, 1.807) is 23.3 Å². The third-order valence-corrected chi connectivity index (χ3v) is 2.86. The zero-order valence-corrected chi connectivity index (χ0v) is 10.7. The summed E-state index contributed by atoms with van der Waals surface area (Å²) in [6, 6.07) is 3.73. The molecule has 17 heavy (non-hydrogen) atoms. The number of fused-ring (bicyclic) bond motifs is 1. The topological polar surface area (TPSA) is 56.5 Å². The molecule has 0 unspecified atom stereocenters. The van der Waals surface area contributed by atoms with Crippen molar-refractivity contribution in [3.8, 4) is 5.82 Å². The van der Waals surface area contributed by atoms with Gasteiger partial charge >= 0.3 is 0 Å². The van der Waals surface area contributed by atoms with E-state index in [0.717, 1.165) is 9.86 Å². The van der Waals surface area contributed by atoms with E-state index >= 15 is 0 Å².